The molecule has 4 heteroatoms. The number of ether oxygens (including phenoxy) is 1. The van der Waals surface area contributed by atoms with Gasteiger partial charge >= 0.3 is 0 Å². The van der Waals surface area contributed by atoms with E-state index in [4.69, 9.17) is 4.74 Å². The zero-order chi connectivity index (χ0) is 11.1. The average Bonchev–Trinajstić information content (AvgIpc) is 3.01. The van der Waals surface area contributed by atoms with Crippen LogP contribution in [-0.4, -0.2) is 38.8 Å². The highest BCUT2D eigenvalue weighted by molar-refractivity contribution is 5.78. The summed E-state index contributed by atoms with van der Waals surface area (Å²) in [7, 11) is 1.65. The quantitative estimate of drug-likeness (QED) is 0.619. The van der Waals surface area contributed by atoms with Gasteiger partial charge in [-0.2, -0.15) is 0 Å². The van der Waals surface area contributed by atoms with E-state index < -0.39 is 0 Å². The van der Waals surface area contributed by atoms with Crippen LogP contribution in [0.15, 0.2) is 0 Å². The maximum atomic E-state index is 11.5. The van der Waals surface area contributed by atoms with Crippen molar-refractivity contribution in [3.8, 4) is 0 Å². The maximum Gasteiger partial charge on any atom is 0.234 e. The van der Waals surface area contributed by atoms with Crippen LogP contribution < -0.4 is 10.6 Å². The van der Waals surface area contributed by atoms with Crippen LogP contribution in [0.1, 0.15) is 26.2 Å². The highest BCUT2D eigenvalue weighted by Gasteiger charge is 2.20. The molecule has 0 saturated heterocycles. The van der Waals surface area contributed by atoms with Crippen LogP contribution in [0.4, 0.5) is 0 Å². The second-order valence-corrected chi connectivity index (χ2v) is 4.20. The van der Waals surface area contributed by atoms with Crippen molar-refractivity contribution < 1.29 is 9.53 Å². The normalized spacial score (nSPS) is 17.5. The molecule has 0 radical (unpaired) electrons. The van der Waals surface area contributed by atoms with Crippen LogP contribution >= 0.6 is 0 Å². The Hall–Kier alpha value is -0.610. The first kappa shape index (κ1) is 12.5. The summed E-state index contributed by atoms with van der Waals surface area (Å²) in [5.74, 6) is 0.887. The van der Waals surface area contributed by atoms with E-state index in [2.05, 4.69) is 10.6 Å². The molecule has 1 amide bonds. The third kappa shape index (κ3) is 5.74. The Kier molecular flexibility index (Phi) is 5.65. The number of methoxy groups -OCH3 is 1. The number of rotatable bonds is 8. The van der Waals surface area contributed by atoms with Crippen LogP contribution in [0.3, 0.4) is 0 Å². The number of hydrogen-bond acceptors (Lipinski definition) is 3. The molecule has 2 N–H and O–H groups in total. The Morgan fingerprint density at radius 3 is 2.80 bits per heavy atom. The van der Waals surface area contributed by atoms with Gasteiger partial charge in [0.25, 0.3) is 0 Å². The first-order chi connectivity index (χ1) is 7.26. The van der Waals surface area contributed by atoms with E-state index in [-0.39, 0.29) is 11.9 Å². The second kappa shape index (κ2) is 6.80. The molecule has 1 unspecified atom stereocenters. The van der Waals surface area contributed by atoms with Gasteiger partial charge in [-0.15, -0.1) is 0 Å². The fraction of sp³-hybridized carbons (Fsp3) is 0.909. The van der Waals surface area contributed by atoms with Gasteiger partial charge < -0.3 is 15.4 Å². The van der Waals surface area contributed by atoms with Gasteiger partial charge in [-0.25, -0.2) is 0 Å². The van der Waals surface area contributed by atoms with Crippen molar-refractivity contribution in [3.05, 3.63) is 0 Å². The van der Waals surface area contributed by atoms with Crippen LogP contribution in [0.5, 0.6) is 0 Å². The molecule has 4 nitrogen and oxygen atoms in total. The number of hydrogen-bond donors (Lipinski definition) is 2. The number of carbonyl (C=O) groups is 1. The molecule has 1 aliphatic rings. The van der Waals surface area contributed by atoms with E-state index in [1.54, 1.807) is 7.11 Å². The number of amides is 1. The lowest BCUT2D eigenvalue weighted by Crippen LogP contribution is -2.42. The predicted octanol–water partition coefficient (Wildman–Crippen LogP) is 0.527. The van der Waals surface area contributed by atoms with E-state index in [1.807, 2.05) is 6.92 Å². The molecular weight excluding hydrogens is 192 g/mol. The largest absolute Gasteiger partial charge is 0.383 e. The van der Waals surface area contributed by atoms with Crippen molar-refractivity contribution in [2.45, 2.75) is 32.2 Å². The van der Waals surface area contributed by atoms with Gasteiger partial charge in [0.05, 0.1) is 19.2 Å². The molecule has 1 rings (SSSR count). The molecule has 1 atom stereocenters. The molecule has 0 heterocycles. The van der Waals surface area contributed by atoms with Crippen LogP contribution in [0.25, 0.3) is 0 Å². The van der Waals surface area contributed by atoms with E-state index >= 15 is 0 Å². The topological polar surface area (TPSA) is 50.4 Å². The monoisotopic (exact) mass is 214 g/mol. The third-order valence-electron chi connectivity index (χ3n) is 2.64. The predicted molar refractivity (Wildman–Crippen MR) is 59.7 cm³/mol. The summed E-state index contributed by atoms with van der Waals surface area (Å²) in [5, 5.41) is 6.10. The maximum absolute atomic E-state index is 11.5. The molecule has 0 aromatic heterocycles. The molecule has 0 spiro atoms. The highest BCUT2D eigenvalue weighted by Crippen LogP contribution is 2.27. The van der Waals surface area contributed by atoms with E-state index in [0.29, 0.717) is 13.2 Å². The van der Waals surface area contributed by atoms with Gasteiger partial charge in [-0.05, 0) is 31.7 Å². The Labute approximate surface area is 91.8 Å². The Morgan fingerprint density at radius 1 is 1.53 bits per heavy atom. The molecule has 0 aromatic rings. The first-order valence-corrected chi connectivity index (χ1v) is 5.75. The summed E-state index contributed by atoms with van der Waals surface area (Å²) in [5.41, 5.74) is 0. The summed E-state index contributed by atoms with van der Waals surface area (Å²) >= 11 is 0. The van der Waals surface area contributed by atoms with Crippen molar-refractivity contribution >= 4 is 5.91 Å². The fourth-order valence-corrected chi connectivity index (χ4v) is 1.45. The van der Waals surface area contributed by atoms with E-state index in [1.165, 1.54) is 12.8 Å². The summed E-state index contributed by atoms with van der Waals surface area (Å²) in [4.78, 5) is 11.5. The number of nitrogens with one attached hydrogen (secondary N) is 2. The van der Waals surface area contributed by atoms with Crippen molar-refractivity contribution in [2.75, 3.05) is 26.8 Å². The molecule has 1 fully saturated rings. The third-order valence-corrected chi connectivity index (χ3v) is 2.64. The van der Waals surface area contributed by atoms with Crippen molar-refractivity contribution in [2.24, 2.45) is 5.92 Å². The summed E-state index contributed by atoms with van der Waals surface area (Å²) in [6.07, 6.45) is 3.54. The first-order valence-electron chi connectivity index (χ1n) is 5.75. The molecule has 15 heavy (non-hydrogen) atoms. The lowest BCUT2D eigenvalue weighted by molar-refractivity contribution is -0.121. The molecular formula is C11H22N2O2. The van der Waals surface area contributed by atoms with E-state index in [9.17, 15) is 4.79 Å². The van der Waals surface area contributed by atoms with E-state index in [0.717, 1.165) is 18.9 Å². The molecule has 0 aliphatic heterocycles. The standard InChI is InChI=1S/C11H22N2O2/c1-3-10(8-15-2)13-11(14)7-12-6-9-4-5-9/h9-10,12H,3-8H2,1-2H3,(H,13,14). The Balaban J connectivity index is 2.03. The average molecular weight is 214 g/mol. The van der Waals surface area contributed by atoms with Gasteiger partial charge in [0.2, 0.25) is 5.91 Å². The number of carbonyl (C=O) groups excluding carboxylic acids is 1. The Bertz CT molecular complexity index is 193. The SMILES string of the molecule is CCC(COC)NC(=O)CNCC1CC1. The minimum atomic E-state index is 0.0690. The zero-order valence-corrected chi connectivity index (χ0v) is 9.71. The summed E-state index contributed by atoms with van der Waals surface area (Å²) in [6, 6.07) is 0.144. The Morgan fingerprint density at radius 2 is 2.27 bits per heavy atom. The van der Waals surface area contributed by atoms with Crippen molar-refractivity contribution in [1.82, 2.24) is 10.6 Å². The van der Waals surface area contributed by atoms with Crippen LogP contribution in [0, 0.1) is 5.92 Å². The molecule has 1 aliphatic carbocycles. The minimum Gasteiger partial charge on any atom is -0.383 e. The van der Waals surface area contributed by atoms with Crippen LogP contribution in [-0.2, 0) is 9.53 Å². The van der Waals surface area contributed by atoms with Crippen molar-refractivity contribution in [1.29, 1.82) is 0 Å². The molecule has 0 aromatic carbocycles. The van der Waals surface area contributed by atoms with Gasteiger partial charge in [0.15, 0.2) is 0 Å². The lowest BCUT2D eigenvalue weighted by atomic mass is 10.2. The zero-order valence-electron chi connectivity index (χ0n) is 9.71. The smallest absolute Gasteiger partial charge is 0.234 e. The van der Waals surface area contributed by atoms with Gasteiger partial charge in [-0.1, -0.05) is 6.92 Å². The molecule has 0 bridgehead atoms. The van der Waals surface area contributed by atoms with Gasteiger partial charge in [-0.3, -0.25) is 4.79 Å². The second-order valence-electron chi connectivity index (χ2n) is 4.20. The van der Waals surface area contributed by atoms with Crippen LogP contribution in [0.2, 0.25) is 0 Å². The fourth-order valence-electron chi connectivity index (χ4n) is 1.45. The van der Waals surface area contributed by atoms with Crippen molar-refractivity contribution in [3.63, 3.8) is 0 Å². The summed E-state index contributed by atoms with van der Waals surface area (Å²) in [6.45, 7) is 4.04. The minimum absolute atomic E-state index is 0.0690. The molecule has 1 saturated carbocycles. The summed E-state index contributed by atoms with van der Waals surface area (Å²) < 4.78 is 5.01. The van der Waals surface area contributed by atoms with Gasteiger partial charge in [0, 0.05) is 7.11 Å². The van der Waals surface area contributed by atoms with Gasteiger partial charge in [0.1, 0.15) is 0 Å². The lowest BCUT2D eigenvalue weighted by Gasteiger charge is -2.15. The highest BCUT2D eigenvalue weighted by atomic mass is 16.5. The molecule has 88 valence electrons.